The number of benzene rings is 2. The number of hydrogen-bond donors (Lipinski definition) is 1. The molecule has 2 aromatic carbocycles. The minimum Gasteiger partial charge on any atom is -0.489 e. The van der Waals surface area contributed by atoms with E-state index in [9.17, 15) is 0 Å². The Bertz CT molecular complexity index is 596. The summed E-state index contributed by atoms with van der Waals surface area (Å²) < 4.78 is 5.83. The molecule has 0 aromatic heterocycles. The van der Waals surface area contributed by atoms with E-state index in [2.05, 4.69) is 25.2 Å². The molecule has 2 rings (SSSR count). The molecular formula is C18H21Cl2NO. The molecule has 2 nitrogen and oxygen atoms in total. The van der Waals surface area contributed by atoms with Gasteiger partial charge in [-0.15, -0.1) is 0 Å². The number of halogens is 2. The molecule has 0 saturated carbocycles. The zero-order chi connectivity index (χ0) is 15.9. The first kappa shape index (κ1) is 17.1. The van der Waals surface area contributed by atoms with Gasteiger partial charge in [0.05, 0.1) is 0 Å². The predicted molar refractivity (Wildman–Crippen MR) is 93.8 cm³/mol. The van der Waals surface area contributed by atoms with Crippen molar-refractivity contribution in [2.45, 2.75) is 39.5 Å². The van der Waals surface area contributed by atoms with E-state index in [1.54, 1.807) is 0 Å². The van der Waals surface area contributed by atoms with Crippen molar-refractivity contribution in [3.05, 3.63) is 63.6 Å². The smallest absolute Gasteiger partial charge is 0.120 e. The molecule has 4 heteroatoms. The summed E-state index contributed by atoms with van der Waals surface area (Å²) in [5.41, 5.74) is 2.01. The van der Waals surface area contributed by atoms with E-state index < -0.39 is 0 Å². The molecule has 0 spiro atoms. The Labute approximate surface area is 142 Å². The van der Waals surface area contributed by atoms with Crippen LogP contribution in [0.15, 0.2) is 42.5 Å². The van der Waals surface area contributed by atoms with Crippen LogP contribution in [0, 0.1) is 0 Å². The molecule has 0 aliphatic rings. The Kier molecular flexibility index (Phi) is 6.56. The van der Waals surface area contributed by atoms with Gasteiger partial charge in [-0.2, -0.15) is 0 Å². The molecule has 0 saturated heterocycles. The van der Waals surface area contributed by atoms with Crippen LogP contribution < -0.4 is 10.1 Å². The maximum Gasteiger partial charge on any atom is 0.120 e. The van der Waals surface area contributed by atoms with Crippen molar-refractivity contribution in [1.82, 2.24) is 5.32 Å². The number of ether oxygens (including phenoxy) is 1. The summed E-state index contributed by atoms with van der Waals surface area (Å²) in [7, 11) is 0. The van der Waals surface area contributed by atoms with Crippen molar-refractivity contribution >= 4 is 23.2 Å². The van der Waals surface area contributed by atoms with Gasteiger partial charge in [-0.05, 0) is 43.2 Å². The van der Waals surface area contributed by atoms with E-state index in [0.29, 0.717) is 22.7 Å². The highest BCUT2D eigenvalue weighted by atomic mass is 35.5. The van der Waals surface area contributed by atoms with Gasteiger partial charge in [0.15, 0.2) is 0 Å². The average Bonchev–Trinajstić information content (AvgIpc) is 2.52. The fourth-order valence-corrected chi connectivity index (χ4v) is 2.51. The van der Waals surface area contributed by atoms with E-state index in [4.69, 9.17) is 27.9 Å². The fraction of sp³-hybridized carbons (Fsp3) is 0.333. The maximum absolute atomic E-state index is 6.15. The first-order valence-corrected chi connectivity index (χ1v) is 8.23. The van der Waals surface area contributed by atoms with Gasteiger partial charge in [0, 0.05) is 28.2 Å². The van der Waals surface area contributed by atoms with Crippen molar-refractivity contribution < 1.29 is 4.74 Å². The molecule has 2 aromatic rings. The van der Waals surface area contributed by atoms with Crippen LogP contribution in [0.2, 0.25) is 10.0 Å². The van der Waals surface area contributed by atoms with E-state index in [1.807, 2.05) is 36.4 Å². The Morgan fingerprint density at radius 1 is 1.09 bits per heavy atom. The van der Waals surface area contributed by atoms with Crippen molar-refractivity contribution in [3.63, 3.8) is 0 Å². The van der Waals surface area contributed by atoms with Gasteiger partial charge < -0.3 is 10.1 Å². The summed E-state index contributed by atoms with van der Waals surface area (Å²) in [6, 6.07) is 14.0. The summed E-state index contributed by atoms with van der Waals surface area (Å²) in [4.78, 5) is 0. The highest BCUT2D eigenvalue weighted by molar-refractivity contribution is 6.35. The molecule has 0 amide bonds. The van der Waals surface area contributed by atoms with E-state index in [1.165, 1.54) is 5.56 Å². The third-order valence-corrected chi connectivity index (χ3v) is 4.32. The molecule has 0 aliphatic carbocycles. The first-order chi connectivity index (χ1) is 10.6. The first-order valence-electron chi connectivity index (χ1n) is 7.48. The van der Waals surface area contributed by atoms with E-state index in [-0.39, 0.29) is 0 Å². The summed E-state index contributed by atoms with van der Waals surface area (Å²) in [6.45, 7) is 5.55. The number of hydrogen-bond acceptors (Lipinski definition) is 2. The molecule has 1 unspecified atom stereocenters. The molecule has 0 fully saturated rings. The SMILES string of the molecule is CCC(C)NCc1cccc(OCc2c(Cl)cccc2Cl)c1. The number of rotatable bonds is 7. The van der Waals surface area contributed by atoms with Gasteiger partial charge >= 0.3 is 0 Å². The van der Waals surface area contributed by atoms with Crippen molar-refractivity contribution in [2.75, 3.05) is 0 Å². The largest absolute Gasteiger partial charge is 0.489 e. The zero-order valence-electron chi connectivity index (χ0n) is 12.9. The topological polar surface area (TPSA) is 21.3 Å². The van der Waals surface area contributed by atoms with E-state index >= 15 is 0 Å². The van der Waals surface area contributed by atoms with Crippen LogP contribution in [0.4, 0.5) is 0 Å². The standard InChI is InChI=1S/C18H21Cl2NO/c1-3-13(2)21-11-14-6-4-7-15(10-14)22-12-16-17(19)8-5-9-18(16)20/h4-10,13,21H,3,11-12H2,1-2H3. The van der Waals surface area contributed by atoms with Gasteiger partial charge in [-0.1, -0.05) is 48.3 Å². The van der Waals surface area contributed by atoms with Crippen molar-refractivity contribution in [2.24, 2.45) is 0 Å². The van der Waals surface area contributed by atoms with Gasteiger partial charge in [0.2, 0.25) is 0 Å². The monoisotopic (exact) mass is 337 g/mol. The average molecular weight is 338 g/mol. The lowest BCUT2D eigenvalue weighted by Gasteiger charge is -2.13. The van der Waals surface area contributed by atoms with Gasteiger partial charge in [-0.3, -0.25) is 0 Å². The lowest BCUT2D eigenvalue weighted by Crippen LogP contribution is -2.24. The predicted octanol–water partition coefficient (Wildman–Crippen LogP) is 5.46. The van der Waals surface area contributed by atoms with Crippen molar-refractivity contribution in [3.8, 4) is 5.75 Å². The molecule has 0 heterocycles. The summed E-state index contributed by atoms with van der Waals surface area (Å²) >= 11 is 12.3. The summed E-state index contributed by atoms with van der Waals surface area (Å²) in [6.07, 6.45) is 1.11. The molecule has 0 radical (unpaired) electrons. The van der Waals surface area contributed by atoms with Gasteiger partial charge in [-0.25, -0.2) is 0 Å². The Morgan fingerprint density at radius 2 is 1.77 bits per heavy atom. The molecule has 1 atom stereocenters. The third-order valence-electron chi connectivity index (χ3n) is 3.61. The van der Waals surface area contributed by atoms with Crippen LogP contribution in [0.1, 0.15) is 31.4 Å². The van der Waals surface area contributed by atoms with Crippen LogP contribution in [0.25, 0.3) is 0 Å². The lowest BCUT2D eigenvalue weighted by molar-refractivity contribution is 0.306. The molecule has 118 valence electrons. The quantitative estimate of drug-likeness (QED) is 0.724. The molecule has 0 bridgehead atoms. The highest BCUT2D eigenvalue weighted by Crippen LogP contribution is 2.26. The normalized spacial score (nSPS) is 12.2. The van der Waals surface area contributed by atoms with Crippen LogP contribution in [-0.4, -0.2) is 6.04 Å². The van der Waals surface area contributed by atoms with Crippen LogP contribution in [-0.2, 0) is 13.2 Å². The Hall–Kier alpha value is -1.22. The van der Waals surface area contributed by atoms with E-state index in [0.717, 1.165) is 24.3 Å². The minimum absolute atomic E-state index is 0.362. The molecule has 1 N–H and O–H groups in total. The number of nitrogens with one attached hydrogen (secondary N) is 1. The molecule has 0 aliphatic heterocycles. The Morgan fingerprint density at radius 3 is 2.45 bits per heavy atom. The second-order valence-corrected chi connectivity index (χ2v) is 6.14. The highest BCUT2D eigenvalue weighted by Gasteiger charge is 2.07. The second kappa shape index (κ2) is 8.42. The van der Waals surface area contributed by atoms with Crippen LogP contribution in [0.3, 0.4) is 0 Å². The molecular weight excluding hydrogens is 317 g/mol. The fourth-order valence-electron chi connectivity index (χ4n) is 2.01. The summed E-state index contributed by atoms with van der Waals surface area (Å²) in [5, 5.41) is 4.72. The van der Waals surface area contributed by atoms with Crippen LogP contribution in [0.5, 0.6) is 5.75 Å². The van der Waals surface area contributed by atoms with Crippen molar-refractivity contribution in [1.29, 1.82) is 0 Å². The third kappa shape index (κ3) is 4.91. The summed E-state index contributed by atoms with van der Waals surface area (Å²) in [5.74, 6) is 0.819. The maximum atomic E-state index is 6.15. The van der Waals surface area contributed by atoms with Gasteiger partial charge in [0.1, 0.15) is 12.4 Å². The Balaban J connectivity index is 1.98. The van der Waals surface area contributed by atoms with Gasteiger partial charge in [0.25, 0.3) is 0 Å². The van der Waals surface area contributed by atoms with Crippen LogP contribution >= 0.6 is 23.2 Å². The second-order valence-electron chi connectivity index (χ2n) is 5.33. The molecule has 22 heavy (non-hydrogen) atoms. The minimum atomic E-state index is 0.362. The lowest BCUT2D eigenvalue weighted by atomic mass is 10.2. The zero-order valence-corrected chi connectivity index (χ0v) is 14.4.